The van der Waals surface area contributed by atoms with Crippen molar-refractivity contribution in [2.24, 2.45) is 0 Å². The van der Waals surface area contributed by atoms with Gasteiger partial charge < -0.3 is 9.47 Å². The Morgan fingerprint density at radius 2 is 1.55 bits per heavy atom. The number of epoxide rings is 1. The summed E-state index contributed by atoms with van der Waals surface area (Å²) in [5.74, 6) is -0.268. The maximum Gasteiger partial charge on any atom is 0.330 e. The molecule has 0 aliphatic carbocycles. The molecule has 0 spiro atoms. The van der Waals surface area contributed by atoms with Gasteiger partial charge in [-0.1, -0.05) is 71.1 Å². The van der Waals surface area contributed by atoms with E-state index in [9.17, 15) is 4.79 Å². The summed E-state index contributed by atoms with van der Waals surface area (Å²) in [6, 6.07) is 0. The third kappa shape index (κ3) is 9.99. The third-order valence-corrected chi connectivity index (χ3v) is 4.17. The Kier molecular flexibility index (Phi) is 11.1. The van der Waals surface area contributed by atoms with Crippen molar-refractivity contribution in [3.8, 4) is 0 Å². The van der Waals surface area contributed by atoms with Crippen molar-refractivity contribution >= 4 is 5.97 Å². The molecule has 0 radical (unpaired) electrons. The van der Waals surface area contributed by atoms with Crippen molar-refractivity contribution < 1.29 is 14.3 Å². The number of carbonyl (C=O) groups is 1. The second-order valence-corrected chi connectivity index (χ2v) is 6.22. The number of esters is 1. The quantitative estimate of drug-likeness (QED) is 0.192. The zero-order valence-corrected chi connectivity index (χ0v) is 14.5. The minimum absolute atomic E-state index is 0.142. The highest BCUT2D eigenvalue weighted by Gasteiger charge is 2.35. The van der Waals surface area contributed by atoms with Crippen LogP contribution in [0, 0.1) is 0 Å². The molecule has 128 valence electrons. The van der Waals surface area contributed by atoms with E-state index in [-0.39, 0.29) is 12.1 Å². The van der Waals surface area contributed by atoms with Gasteiger partial charge in [-0.3, -0.25) is 0 Å². The van der Waals surface area contributed by atoms with Gasteiger partial charge in [-0.15, -0.1) is 0 Å². The minimum atomic E-state index is -0.268. The predicted octanol–water partition coefficient (Wildman–Crippen LogP) is 5.18. The fourth-order valence-electron chi connectivity index (χ4n) is 2.75. The molecule has 0 N–H and O–H groups in total. The van der Waals surface area contributed by atoms with Crippen LogP contribution in [0.5, 0.6) is 0 Å². The molecule has 0 saturated carbocycles. The average Bonchev–Trinajstić information content (AvgIpc) is 3.26. The zero-order chi connectivity index (χ0) is 16.0. The van der Waals surface area contributed by atoms with E-state index in [1.165, 1.54) is 70.3 Å². The van der Waals surface area contributed by atoms with Crippen LogP contribution in [0.25, 0.3) is 0 Å². The van der Waals surface area contributed by atoms with Gasteiger partial charge >= 0.3 is 5.97 Å². The Morgan fingerprint density at radius 1 is 0.955 bits per heavy atom. The van der Waals surface area contributed by atoms with Crippen LogP contribution >= 0.6 is 0 Å². The molecule has 0 aromatic heterocycles. The number of unbranched alkanes of at least 4 members (excludes halogenated alkanes) is 9. The van der Waals surface area contributed by atoms with Gasteiger partial charge in [0.2, 0.25) is 0 Å². The first kappa shape index (κ1) is 19.2. The predicted molar refractivity (Wildman–Crippen MR) is 90.9 cm³/mol. The Bertz CT molecular complexity index is 312. The lowest BCUT2D eigenvalue weighted by atomic mass is 10.0. The van der Waals surface area contributed by atoms with E-state index in [1.807, 2.05) is 13.0 Å². The number of carbonyl (C=O) groups excluding carboxylic acids is 1. The normalized spacial score (nSPS) is 20.5. The second-order valence-electron chi connectivity index (χ2n) is 6.22. The molecule has 1 aliphatic heterocycles. The van der Waals surface area contributed by atoms with E-state index >= 15 is 0 Å². The van der Waals surface area contributed by atoms with Gasteiger partial charge in [0, 0.05) is 6.08 Å². The highest BCUT2D eigenvalue weighted by molar-refractivity contribution is 5.82. The van der Waals surface area contributed by atoms with Gasteiger partial charge in [0.15, 0.2) is 0 Å². The van der Waals surface area contributed by atoms with Crippen LogP contribution in [0.3, 0.4) is 0 Å². The molecule has 0 amide bonds. The summed E-state index contributed by atoms with van der Waals surface area (Å²) in [7, 11) is 0. The van der Waals surface area contributed by atoms with Crippen molar-refractivity contribution in [2.45, 2.75) is 96.7 Å². The number of hydrogen-bond donors (Lipinski definition) is 0. The average molecular weight is 310 g/mol. The standard InChI is InChI=1S/C19H34O3/c1-3-5-6-7-8-9-10-11-12-13-14-17-18(22-17)15-16-19(20)21-4-2/h15-18H,3-14H2,1-2H3/b16-15+/t17-,18+/m1/s1. The van der Waals surface area contributed by atoms with Crippen LogP contribution in [-0.2, 0) is 14.3 Å². The van der Waals surface area contributed by atoms with Crippen molar-refractivity contribution in [3.05, 3.63) is 12.2 Å². The number of hydrogen-bond acceptors (Lipinski definition) is 3. The second kappa shape index (κ2) is 12.7. The van der Waals surface area contributed by atoms with Crippen LogP contribution in [0.2, 0.25) is 0 Å². The molecule has 2 atom stereocenters. The van der Waals surface area contributed by atoms with E-state index in [0.717, 1.165) is 6.42 Å². The van der Waals surface area contributed by atoms with E-state index in [4.69, 9.17) is 9.47 Å². The fourth-order valence-corrected chi connectivity index (χ4v) is 2.75. The minimum Gasteiger partial charge on any atom is -0.463 e. The molecule has 0 unspecified atom stereocenters. The summed E-state index contributed by atoms with van der Waals surface area (Å²) in [5, 5.41) is 0. The molecular weight excluding hydrogens is 276 g/mol. The molecule has 1 rings (SSSR count). The van der Waals surface area contributed by atoms with Crippen LogP contribution in [0.4, 0.5) is 0 Å². The van der Waals surface area contributed by atoms with Gasteiger partial charge in [-0.2, -0.15) is 0 Å². The highest BCUT2D eigenvalue weighted by Crippen LogP contribution is 2.28. The summed E-state index contributed by atoms with van der Waals surface area (Å²) in [6.45, 7) is 4.50. The Morgan fingerprint density at radius 3 is 2.14 bits per heavy atom. The van der Waals surface area contributed by atoms with Crippen molar-refractivity contribution in [1.29, 1.82) is 0 Å². The molecule has 3 nitrogen and oxygen atoms in total. The summed E-state index contributed by atoms with van der Waals surface area (Å²) in [4.78, 5) is 11.2. The van der Waals surface area contributed by atoms with Gasteiger partial charge in [0.1, 0.15) is 6.10 Å². The first-order valence-electron chi connectivity index (χ1n) is 9.28. The summed E-state index contributed by atoms with van der Waals surface area (Å²) in [5.41, 5.74) is 0. The lowest BCUT2D eigenvalue weighted by molar-refractivity contribution is -0.137. The van der Waals surface area contributed by atoms with Gasteiger partial charge in [-0.05, 0) is 19.4 Å². The third-order valence-electron chi connectivity index (χ3n) is 4.17. The van der Waals surface area contributed by atoms with E-state index in [0.29, 0.717) is 12.7 Å². The van der Waals surface area contributed by atoms with E-state index in [2.05, 4.69) is 6.92 Å². The lowest BCUT2D eigenvalue weighted by Crippen LogP contribution is -2.00. The number of rotatable bonds is 14. The first-order chi connectivity index (χ1) is 10.8. The highest BCUT2D eigenvalue weighted by atomic mass is 16.6. The molecule has 22 heavy (non-hydrogen) atoms. The van der Waals surface area contributed by atoms with Crippen LogP contribution < -0.4 is 0 Å². The summed E-state index contributed by atoms with van der Waals surface area (Å²) in [6.07, 6.45) is 18.6. The molecule has 1 aliphatic rings. The maximum absolute atomic E-state index is 11.2. The summed E-state index contributed by atoms with van der Waals surface area (Å²) < 4.78 is 10.4. The maximum atomic E-state index is 11.2. The molecule has 1 heterocycles. The molecule has 1 fully saturated rings. The van der Waals surface area contributed by atoms with Crippen molar-refractivity contribution in [2.75, 3.05) is 6.61 Å². The van der Waals surface area contributed by atoms with Gasteiger partial charge in [0.25, 0.3) is 0 Å². The largest absolute Gasteiger partial charge is 0.463 e. The summed E-state index contributed by atoms with van der Waals surface area (Å²) >= 11 is 0. The first-order valence-corrected chi connectivity index (χ1v) is 9.28. The zero-order valence-electron chi connectivity index (χ0n) is 14.5. The Balaban J connectivity index is 1.84. The number of ether oxygens (including phenoxy) is 2. The van der Waals surface area contributed by atoms with Crippen molar-refractivity contribution in [3.63, 3.8) is 0 Å². The molecule has 0 aromatic rings. The van der Waals surface area contributed by atoms with Crippen LogP contribution in [-0.4, -0.2) is 24.8 Å². The van der Waals surface area contributed by atoms with Crippen LogP contribution in [0.1, 0.15) is 84.5 Å². The van der Waals surface area contributed by atoms with Gasteiger partial charge in [-0.25, -0.2) is 4.79 Å². The van der Waals surface area contributed by atoms with Crippen LogP contribution in [0.15, 0.2) is 12.2 Å². The molecule has 0 bridgehead atoms. The van der Waals surface area contributed by atoms with Gasteiger partial charge in [0.05, 0.1) is 12.7 Å². The molecular formula is C19H34O3. The monoisotopic (exact) mass is 310 g/mol. The van der Waals surface area contributed by atoms with E-state index in [1.54, 1.807) is 0 Å². The lowest BCUT2D eigenvalue weighted by Gasteiger charge is -2.01. The smallest absolute Gasteiger partial charge is 0.330 e. The topological polar surface area (TPSA) is 38.8 Å². The van der Waals surface area contributed by atoms with Crippen molar-refractivity contribution in [1.82, 2.24) is 0 Å². The fraction of sp³-hybridized carbons (Fsp3) is 0.842. The Hall–Kier alpha value is -0.830. The molecule has 3 heteroatoms. The molecule has 0 aromatic carbocycles. The molecule has 1 saturated heterocycles. The Labute approximate surface area is 136 Å². The SMILES string of the molecule is CCCCCCCCCCCC[C@H]1O[C@H]1/C=C/C(=O)OCC. The van der Waals surface area contributed by atoms with E-state index < -0.39 is 0 Å².